The number of benzene rings is 1. The van der Waals surface area contributed by atoms with Crippen LogP contribution in [-0.4, -0.2) is 43.3 Å². The number of carbonyl (C=O) groups is 1. The lowest BCUT2D eigenvalue weighted by Gasteiger charge is -2.17. The number of aliphatic hydroxyl groups is 2. The van der Waals surface area contributed by atoms with E-state index in [0.29, 0.717) is 11.5 Å². The third kappa shape index (κ3) is 4.35. The lowest BCUT2D eigenvalue weighted by molar-refractivity contribution is 0.0106. The number of amides is 1. The predicted octanol–water partition coefficient (Wildman–Crippen LogP) is 1.44. The van der Waals surface area contributed by atoms with Crippen molar-refractivity contribution in [3.63, 3.8) is 0 Å². The Labute approximate surface area is 150 Å². The van der Waals surface area contributed by atoms with Crippen LogP contribution in [0.25, 0.3) is 5.78 Å². The van der Waals surface area contributed by atoms with E-state index >= 15 is 0 Å². The number of hydrogen-bond acceptors (Lipinski definition) is 6. The van der Waals surface area contributed by atoms with Gasteiger partial charge in [-0.05, 0) is 18.1 Å². The van der Waals surface area contributed by atoms with E-state index in [1.807, 2.05) is 30.3 Å². The van der Waals surface area contributed by atoms with Crippen molar-refractivity contribution < 1.29 is 19.7 Å². The van der Waals surface area contributed by atoms with E-state index in [2.05, 4.69) is 15.3 Å². The van der Waals surface area contributed by atoms with Crippen LogP contribution >= 0.6 is 0 Å². The van der Waals surface area contributed by atoms with Crippen molar-refractivity contribution >= 4 is 11.9 Å². The molecule has 3 rings (SSSR count). The maximum Gasteiger partial charge on any atom is 0.407 e. The van der Waals surface area contributed by atoms with Crippen molar-refractivity contribution in [1.29, 1.82) is 0 Å². The molecule has 0 spiro atoms. The van der Waals surface area contributed by atoms with Gasteiger partial charge < -0.3 is 20.3 Å². The molecule has 3 aromatic rings. The summed E-state index contributed by atoms with van der Waals surface area (Å²) in [6.07, 6.45) is 2.16. The average Bonchev–Trinajstić information content (AvgIpc) is 3.10. The van der Waals surface area contributed by atoms with E-state index in [4.69, 9.17) is 4.74 Å². The zero-order valence-electron chi connectivity index (χ0n) is 14.0. The van der Waals surface area contributed by atoms with Gasteiger partial charge in [0.05, 0.1) is 18.0 Å². The lowest BCUT2D eigenvalue weighted by Crippen LogP contribution is -2.30. The highest BCUT2D eigenvalue weighted by atomic mass is 16.5. The van der Waals surface area contributed by atoms with Crippen LogP contribution in [0, 0.1) is 0 Å². The van der Waals surface area contributed by atoms with E-state index in [0.717, 1.165) is 5.56 Å². The average molecular weight is 356 g/mol. The molecule has 3 N–H and O–H groups in total. The molecular formula is C18H20N4O4. The smallest absolute Gasteiger partial charge is 0.407 e. The minimum absolute atomic E-state index is 0.162. The Hall–Kier alpha value is -2.97. The summed E-state index contributed by atoms with van der Waals surface area (Å²) in [4.78, 5) is 19.8. The van der Waals surface area contributed by atoms with E-state index < -0.39 is 18.3 Å². The van der Waals surface area contributed by atoms with Gasteiger partial charge in [0.2, 0.25) is 5.78 Å². The van der Waals surface area contributed by atoms with Gasteiger partial charge in [-0.3, -0.25) is 4.40 Å². The number of aromatic nitrogens is 3. The van der Waals surface area contributed by atoms with Crippen LogP contribution in [0.4, 0.5) is 4.79 Å². The summed E-state index contributed by atoms with van der Waals surface area (Å²) in [5.74, 6) is 0.441. The summed E-state index contributed by atoms with van der Waals surface area (Å²) in [7, 11) is 0. The molecule has 8 heteroatoms. The molecule has 2 unspecified atom stereocenters. The standard InChI is InChI=1S/C18H20N4O4/c23-15(16(24)14-11-21-17-19-8-4-10-22(14)17)7-9-20-18(25)26-12-13-5-2-1-3-6-13/h1-6,8,10-11,15-16,23-24H,7,9,12H2,(H,20,25). The number of rotatable bonds is 7. The minimum Gasteiger partial charge on any atom is -0.445 e. The van der Waals surface area contributed by atoms with Crippen LogP contribution in [0.5, 0.6) is 0 Å². The number of nitrogens with one attached hydrogen (secondary N) is 1. The van der Waals surface area contributed by atoms with E-state index in [1.54, 1.807) is 22.9 Å². The Morgan fingerprint density at radius 3 is 2.81 bits per heavy atom. The highest BCUT2D eigenvalue weighted by Crippen LogP contribution is 2.19. The predicted molar refractivity (Wildman–Crippen MR) is 93.2 cm³/mol. The van der Waals surface area contributed by atoms with Crippen LogP contribution < -0.4 is 5.32 Å². The first-order chi connectivity index (χ1) is 12.6. The number of imidazole rings is 1. The Bertz CT molecular complexity index is 853. The fourth-order valence-corrected chi connectivity index (χ4v) is 2.52. The monoisotopic (exact) mass is 356 g/mol. The summed E-state index contributed by atoms with van der Waals surface area (Å²) < 4.78 is 6.69. The summed E-state index contributed by atoms with van der Waals surface area (Å²) in [6, 6.07) is 11.0. The van der Waals surface area contributed by atoms with Gasteiger partial charge in [0.1, 0.15) is 12.7 Å². The van der Waals surface area contributed by atoms with Gasteiger partial charge in [-0.25, -0.2) is 14.8 Å². The first kappa shape index (κ1) is 17.8. The maximum absolute atomic E-state index is 11.7. The molecule has 26 heavy (non-hydrogen) atoms. The molecule has 0 bridgehead atoms. The summed E-state index contributed by atoms with van der Waals surface area (Å²) in [5.41, 5.74) is 1.33. The second kappa shape index (κ2) is 8.41. The first-order valence-corrected chi connectivity index (χ1v) is 8.24. The van der Waals surface area contributed by atoms with Gasteiger partial charge in [-0.2, -0.15) is 0 Å². The molecule has 0 fully saturated rings. The highest BCUT2D eigenvalue weighted by molar-refractivity contribution is 5.67. The number of hydrogen-bond donors (Lipinski definition) is 3. The summed E-state index contributed by atoms with van der Waals surface area (Å²) >= 11 is 0. The number of aliphatic hydroxyl groups excluding tert-OH is 2. The molecule has 2 atom stereocenters. The largest absolute Gasteiger partial charge is 0.445 e. The number of carbonyl (C=O) groups excluding carboxylic acids is 1. The second-order valence-corrected chi connectivity index (χ2v) is 5.76. The van der Waals surface area contributed by atoms with Crippen molar-refractivity contribution in [2.45, 2.75) is 25.2 Å². The molecule has 8 nitrogen and oxygen atoms in total. The van der Waals surface area contributed by atoms with Gasteiger partial charge in [0.15, 0.2) is 0 Å². The second-order valence-electron chi connectivity index (χ2n) is 5.76. The molecule has 1 amide bonds. The van der Waals surface area contributed by atoms with Gasteiger partial charge >= 0.3 is 6.09 Å². The summed E-state index contributed by atoms with van der Waals surface area (Å²) in [5, 5.41) is 23.0. The van der Waals surface area contributed by atoms with Crippen molar-refractivity contribution in [3.8, 4) is 0 Å². The number of nitrogens with zero attached hydrogens (tertiary/aromatic N) is 3. The van der Waals surface area contributed by atoms with E-state index in [-0.39, 0.29) is 19.6 Å². The van der Waals surface area contributed by atoms with Crippen LogP contribution in [0.15, 0.2) is 55.0 Å². The normalized spacial score (nSPS) is 13.3. The van der Waals surface area contributed by atoms with Crippen LogP contribution in [0.1, 0.15) is 23.8 Å². The van der Waals surface area contributed by atoms with E-state index in [1.165, 1.54) is 6.20 Å². The zero-order chi connectivity index (χ0) is 18.4. The lowest BCUT2D eigenvalue weighted by atomic mass is 10.1. The molecule has 2 aromatic heterocycles. The van der Waals surface area contributed by atoms with Crippen LogP contribution in [-0.2, 0) is 11.3 Å². The molecule has 0 saturated heterocycles. The number of ether oxygens (including phenoxy) is 1. The van der Waals surface area contributed by atoms with E-state index in [9.17, 15) is 15.0 Å². The SMILES string of the molecule is O=C(NCCC(O)C(O)c1cnc2ncccn12)OCc1ccccc1. The summed E-state index contributed by atoms with van der Waals surface area (Å²) in [6.45, 7) is 0.341. The van der Waals surface area contributed by atoms with Crippen molar-refractivity contribution in [1.82, 2.24) is 19.7 Å². The fraction of sp³-hybridized carbons (Fsp3) is 0.278. The Morgan fingerprint density at radius 2 is 2.00 bits per heavy atom. The molecule has 0 aliphatic heterocycles. The molecule has 0 radical (unpaired) electrons. The van der Waals surface area contributed by atoms with Crippen molar-refractivity contribution in [2.24, 2.45) is 0 Å². The molecule has 136 valence electrons. The minimum atomic E-state index is -1.14. The molecule has 0 aliphatic rings. The number of alkyl carbamates (subject to hydrolysis) is 1. The Morgan fingerprint density at radius 1 is 1.19 bits per heavy atom. The highest BCUT2D eigenvalue weighted by Gasteiger charge is 2.22. The Kier molecular flexibility index (Phi) is 5.77. The Balaban J connectivity index is 1.44. The van der Waals surface area contributed by atoms with Crippen molar-refractivity contribution in [3.05, 3.63) is 66.2 Å². The third-order valence-corrected chi connectivity index (χ3v) is 3.91. The quantitative estimate of drug-likeness (QED) is 0.591. The molecule has 1 aromatic carbocycles. The first-order valence-electron chi connectivity index (χ1n) is 8.24. The number of fused-ring (bicyclic) bond motifs is 1. The van der Waals surface area contributed by atoms with Crippen molar-refractivity contribution in [2.75, 3.05) is 6.54 Å². The molecular weight excluding hydrogens is 336 g/mol. The molecule has 2 heterocycles. The molecule has 0 saturated carbocycles. The third-order valence-electron chi connectivity index (χ3n) is 3.91. The fourth-order valence-electron chi connectivity index (χ4n) is 2.52. The van der Waals surface area contributed by atoms with Gasteiger partial charge in [0, 0.05) is 18.9 Å². The maximum atomic E-state index is 11.7. The topological polar surface area (TPSA) is 109 Å². The van der Waals surface area contributed by atoms with Crippen LogP contribution in [0.3, 0.4) is 0 Å². The van der Waals surface area contributed by atoms with Gasteiger partial charge in [-0.1, -0.05) is 30.3 Å². The van der Waals surface area contributed by atoms with Gasteiger partial charge in [0.25, 0.3) is 0 Å². The zero-order valence-corrected chi connectivity index (χ0v) is 14.0. The van der Waals surface area contributed by atoms with Crippen LogP contribution in [0.2, 0.25) is 0 Å². The van der Waals surface area contributed by atoms with Gasteiger partial charge in [-0.15, -0.1) is 0 Å². The molecule has 0 aliphatic carbocycles.